The third-order valence-corrected chi connectivity index (χ3v) is 3.04. The van der Waals surface area contributed by atoms with Gasteiger partial charge >= 0.3 is 5.97 Å². The fourth-order valence-corrected chi connectivity index (χ4v) is 2.13. The zero-order chi connectivity index (χ0) is 13.8. The van der Waals surface area contributed by atoms with E-state index >= 15 is 0 Å². The Morgan fingerprint density at radius 2 is 1.63 bits per heavy atom. The number of benzene rings is 1. The number of hydrogen-bond acceptors (Lipinski definition) is 3. The minimum atomic E-state index is -0.932. The zero-order valence-corrected chi connectivity index (χ0v) is 11.3. The molecule has 2 rings (SSSR count). The van der Waals surface area contributed by atoms with Crippen molar-refractivity contribution in [1.82, 2.24) is 9.97 Å². The van der Waals surface area contributed by atoms with Crippen LogP contribution in [0.4, 0.5) is 0 Å². The molecule has 0 spiro atoms. The van der Waals surface area contributed by atoms with Gasteiger partial charge in [-0.2, -0.15) is 0 Å². The van der Waals surface area contributed by atoms with Crippen LogP contribution in [0.3, 0.4) is 0 Å². The highest BCUT2D eigenvalue weighted by Gasteiger charge is 2.10. The molecule has 0 amide bonds. The normalized spacial score (nSPS) is 10.8. The van der Waals surface area contributed by atoms with E-state index in [0.29, 0.717) is 5.52 Å². The number of hydrogen-bond donors (Lipinski definition) is 1. The maximum atomic E-state index is 11.0. The Morgan fingerprint density at radius 1 is 1.05 bits per heavy atom. The highest BCUT2D eigenvalue weighted by molar-refractivity contribution is 5.92. The van der Waals surface area contributed by atoms with Gasteiger partial charge in [-0.05, 0) is 31.0 Å². The number of fused-ring (bicyclic) bond motifs is 1. The predicted molar refractivity (Wildman–Crippen MR) is 74.5 cm³/mol. The molecule has 2 aromatic rings. The van der Waals surface area contributed by atoms with Gasteiger partial charge in [0.15, 0.2) is 0 Å². The van der Waals surface area contributed by atoms with Gasteiger partial charge in [0.25, 0.3) is 0 Å². The van der Waals surface area contributed by atoms with Crippen molar-refractivity contribution in [3.63, 3.8) is 0 Å². The van der Waals surface area contributed by atoms with E-state index in [1.807, 2.05) is 0 Å². The second-order valence-electron chi connectivity index (χ2n) is 4.63. The first-order chi connectivity index (χ1) is 9.15. The van der Waals surface area contributed by atoms with Gasteiger partial charge in [0.05, 0.1) is 28.0 Å². The van der Waals surface area contributed by atoms with E-state index in [-0.39, 0.29) is 5.56 Å². The molecule has 19 heavy (non-hydrogen) atoms. The highest BCUT2D eigenvalue weighted by atomic mass is 16.4. The van der Waals surface area contributed by atoms with Crippen molar-refractivity contribution in [2.45, 2.75) is 39.5 Å². The molecule has 1 aromatic heterocycles. The average molecular weight is 258 g/mol. The molecule has 0 atom stereocenters. The molecule has 0 bridgehead atoms. The summed E-state index contributed by atoms with van der Waals surface area (Å²) in [5.74, 6) is -0.932. The molecule has 0 aliphatic rings. The molecule has 4 heteroatoms. The van der Waals surface area contributed by atoms with E-state index in [2.05, 4.69) is 23.8 Å². The molecule has 0 fully saturated rings. The number of nitrogens with zero attached hydrogens (tertiary/aromatic N) is 2. The monoisotopic (exact) mass is 258 g/mol. The van der Waals surface area contributed by atoms with Gasteiger partial charge in [0.1, 0.15) is 0 Å². The van der Waals surface area contributed by atoms with Crippen molar-refractivity contribution in [2.75, 3.05) is 0 Å². The van der Waals surface area contributed by atoms with Crippen molar-refractivity contribution in [3.05, 3.63) is 35.2 Å². The molecule has 0 aliphatic heterocycles. The lowest BCUT2D eigenvalue weighted by Gasteiger charge is -2.08. The minimum absolute atomic E-state index is 0.257. The van der Waals surface area contributed by atoms with E-state index in [9.17, 15) is 4.79 Å². The standard InChI is InChI=1S/C15H18N2O2/c1-3-5-11-12(6-4-2)17-14-9-10(15(18)19)7-8-13(14)16-11/h7-9H,3-6H2,1-2H3,(H,18,19). The Labute approximate surface area is 112 Å². The maximum Gasteiger partial charge on any atom is 0.335 e. The van der Waals surface area contributed by atoms with Crippen LogP contribution in [0.1, 0.15) is 48.4 Å². The molecular formula is C15H18N2O2. The number of aryl methyl sites for hydroxylation is 2. The SMILES string of the molecule is CCCc1nc2ccc(C(=O)O)cc2nc1CCC. The summed E-state index contributed by atoms with van der Waals surface area (Å²) in [5.41, 5.74) is 3.74. The first-order valence-electron chi connectivity index (χ1n) is 6.68. The highest BCUT2D eigenvalue weighted by Crippen LogP contribution is 2.17. The van der Waals surface area contributed by atoms with Crippen molar-refractivity contribution in [1.29, 1.82) is 0 Å². The summed E-state index contributed by atoms with van der Waals surface area (Å²) in [5, 5.41) is 9.01. The lowest BCUT2D eigenvalue weighted by Crippen LogP contribution is -2.04. The third-order valence-electron chi connectivity index (χ3n) is 3.04. The van der Waals surface area contributed by atoms with Crippen molar-refractivity contribution in [3.8, 4) is 0 Å². The molecule has 100 valence electrons. The molecule has 0 radical (unpaired) electrons. The Balaban J connectivity index is 2.56. The van der Waals surface area contributed by atoms with Gasteiger partial charge < -0.3 is 5.11 Å². The van der Waals surface area contributed by atoms with E-state index in [1.165, 1.54) is 0 Å². The van der Waals surface area contributed by atoms with Gasteiger partial charge in [-0.1, -0.05) is 26.7 Å². The first-order valence-corrected chi connectivity index (χ1v) is 6.68. The van der Waals surface area contributed by atoms with E-state index in [0.717, 1.165) is 42.6 Å². The minimum Gasteiger partial charge on any atom is -0.478 e. The first kappa shape index (κ1) is 13.5. The Hall–Kier alpha value is -1.97. The van der Waals surface area contributed by atoms with Crippen molar-refractivity contribution >= 4 is 17.0 Å². The summed E-state index contributed by atoms with van der Waals surface area (Å²) in [4.78, 5) is 20.2. The quantitative estimate of drug-likeness (QED) is 0.894. The Morgan fingerprint density at radius 3 is 2.16 bits per heavy atom. The third kappa shape index (κ3) is 2.89. The van der Waals surface area contributed by atoms with E-state index in [4.69, 9.17) is 5.11 Å². The molecular weight excluding hydrogens is 240 g/mol. The van der Waals surface area contributed by atoms with Crippen LogP contribution >= 0.6 is 0 Å². The van der Waals surface area contributed by atoms with Crippen LogP contribution in [0, 0.1) is 0 Å². The van der Waals surface area contributed by atoms with Gasteiger partial charge in [-0.3, -0.25) is 0 Å². The van der Waals surface area contributed by atoms with Crippen LogP contribution in [0.15, 0.2) is 18.2 Å². The summed E-state index contributed by atoms with van der Waals surface area (Å²) in [6, 6.07) is 4.91. The van der Waals surface area contributed by atoms with Gasteiger partial charge in [0, 0.05) is 0 Å². The molecule has 0 unspecified atom stereocenters. The molecule has 1 aromatic carbocycles. The smallest absolute Gasteiger partial charge is 0.335 e. The molecule has 0 aliphatic carbocycles. The summed E-state index contributed by atoms with van der Waals surface area (Å²) in [6.07, 6.45) is 3.84. The summed E-state index contributed by atoms with van der Waals surface area (Å²) in [6.45, 7) is 4.23. The van der Waals surface area contributed by atoms with Gasteiger partial charge in [0.2, 0.25) is 0 Å². The maximum absolute atomic E-state index is 11.0. The molecule has 1 heterocycles. The van der Waals surface area contributed by atoms with Crippen LogP contribution < -0.4 is 0 Å². The fourth-order valence-electron chi connectivity index (χ4n) is 2.13. The summed E-state index contributed by atoms with van der Waals surface area (Å²) >= 11 is 0. The van der Waals surface area contributed by atoms with Crippen LogP contribution in [0.5, 0.6) is 0 Å². The van der Waals surface area contributed by atoms with Gasteiger partial charge in [-0.15, -0.1) is 0 Å². The van der Waals surface area contributed by atoms with Crippen LogP contribution in [0.2, 0.25) is 0 Å². The van der Waals surface area contributed by atoms with Gasteiger partial charge in [-0.25, -0.2) is 14.8 Å². The topological polar surface area (TPSA) is 63.1 Å². The lowest BCUT2D eigenvalue weighted by atomic mass is 10.1. The number of carboxylic acids is 1. The average Bonchev–Trinajstić information content (AvgIpc) is 2.39. The number of rotatable bonds is 5. The summed E-state index contributed by atoms with van der Waals surface area (Å²) < 4.78 is 0. The van der Waals surface area contributed by atoms with Crippen LogP contribution in [-0.4, -0.2) is 21.0 Å². The van der Waals surface area contributed by atoms with E-state index < -0.39 is 5.97 Å². The Bertz CT molecular complexity index is 608. The second kappa shape index (κ2) is 5.78. The van der Waals surface area contributed by atoms with Crippen molar-refractivity contribution in [2.24, 2.45) is 0 Å². The van der Waals surface area contributed by atoms with Crippen LogP contribution in [0.25, 0.3) is 11.0 Å². The zero-order valence-electron chi connectivity index (χ0n) is 11.3. The number of carbonyl (C=O) groups is 1. The predicted octanol–water partition coefficient (Wildman–Crippen LogP) is 3.23. The summed E-state index contributed by atoms with van der Waals surface area (Å²) in [7, 11) is 0. The largest absolute Gasteiger partial charge is 0.478 e. The van der Waals surface area contributed by atoms with E-state index in [1.54, 1.807) is 18.2 Å². The number of aromatic nitrogens is 2. The molecule has 0 saturated carbocycles. The molecule has 0 saturated heterocycles. The molecule has 4 nitrogen and oxygen atoms in total. The Kier molecular flexibility index (Phi) is 4.10. The number of carboxylic acid groups (broad SMARTS) is 1. The van der Waals surface area contributed by atoms with Crippen LogP contribution in [-0.2, 0) is 12.8 Å². The second-order valence-corrected chi connectivity index (χ2v) is 4.63. The fraction of sp³-hybridized carbons (Fsp3) is 0.400. The number of aromatic carboxylic acids is 1. The molecule has 1 N–H and O–H groups in total. The lowest BCUT2D eigenvalue weighted by molar-refractivity contribution is 0.0697. The van der Waals surface area contributed by atoms with Crippen molar-refractivity contribution < 1.29 is 9.90 Å².